The molecule has 1 aromatic rings. The summed E-state index contributed by atoms with van der Waals surface area (Å²) >= 11 is 0. The monoisotopic (exact) mass is 254 g/mol. The number of hydrogen-bond donors (Lipinski definition) is 1. The van der Waals surface area contributed by atoms with Crippen molar-refractivity contribution in [3.63, 3.8) is 0 Å². The molecule has 0 aliphatic heterocycles. The number of rotatable bonds is 7. The Bertz CT molecular complexity index is 398. The van der Waals surface area contributed by atoms with Crippen LogP contribution in [-0.4, -0.2) is 19.2 Å². The van der Waals surface area contributed by atoms with Crippen molar-refractivity contribution >= 4 is 0 Å². The van der Waals surface area contributed by atoms with Crippen molar-refractivity contribution in [2.24, 2.45) is 0 Å². The zero-order chi connectivity index (χ0) is 13.4. The zero-order valence-electron chi connectivity index (χ0n) is 10.2. The average molecular weight is 254 g/mol. The third-order valence-corrected chi connectivity index (χ3v) is 2.31. The summed E-state index contributed by atoms with van der Waals surface area (Å²) in [4.78, 5) is 0. The molecule has 98 valence electrons. The largest absolute Gasteiger partial charge is 0.493 e. The average Bonchev–Trinajstić information content (AvgIpc) is 2.32. The van der Waals surface area contributed by atoms with Crippen molar-refractivity contribution < 1.29 is 13.5 Å². The molecular weight excluding hydrogens is 238 g/mol. The summed E-state index contributed by atoms with van der Waals surface area (Å²) < 4.78 is 30.9. The number of benzene rings is 1. The summed E-state index contributed by atoms with van der Waals surface area (Å²) in [5.74, 6) is -1.21. The minimum absolute atomic E-state index is 0.139. The van der Waals surface area contributed by atoms with Gasteiger partial charge in [0.2, 0.25) is 0 Å². The Balaban J connectivity index is 2.38. The molecule has 0 saturated carbocycles. The molecule has 0 fully saturated rings. The first-order valence-corrected chi connectivity index (χ1v) is 5.87. The second-order valence-electron chi connectivity index (χ2n) is 3.88. The minimum Gasteiger partial charge on any atom is -0.493 e. The molecule has 0 aromatic heterocycles. The fourth-order valence-electron chi connectivity index (χ4n) is 1.44. The Morgan fingerprint density at radius 3 is 2.56 bits per heavy atom. The van der Waals surface area contributed by atoms with Crippen molar-refractivity contribution in [3.05, 3.63) is 29.8 Å². The molecule has 0 bridgehead atoms. The van der Waals surface area contributed by atoms with Gasteiger partial charge < -0.3 is 10.1 Å². The maximum absolute atomic E-state index is 12.9. The molecule has 0 spiro atoms. The van der Waals surface area contributed by atoms with Crippen molar-refractivity contribution in [3.8, 4) is 11.8 Å². The summed E-state index contributed by atoms with van der Waals surface area (Å²) in [5, 5.41) is 11.9. The second-order valence-corrected chi connectivity index (χ2v) is 3.88. The van der Waals surface area contributed by atoms with Crippen LogP contribution in [0.2, 0.25) is 0 Å². The van der Waals surface area contributed by atoms with Gasteiger partial charge in [-0.2, -0.15) is 5.26 Å². The Kier molecular flexibility index (Phi) is 6.09. The van der Waals surface area contributed by atoms with Crippen LogP contribution in [0.5, 0.6) is 5.75 Å². The predicted octanol–water partition coefficient (Wildman–Crippen LogP) is 2.63. The van der Waals surface area contributed by atoms with Gasteiger partial charge in [-0.05, 0) is 13.0 Å². The van der Waals surface area contributed by atoms with Gasteiger partial charge in [-0.3, -0.25) is 0 Å². The topological polar surface area (TPSA) is 45.0 Å². The Labute approximate surface area is 105 Å². The predicted molar refractivity (Wildman–Crippen MR) is 64.2 cm³/mol. The number of hydrogen-bond acceptors (Lipinski definition) is 3. The molecule has 0 radical (unpaired) electrons. The lowest BCUT2D eigenvalue weighted by atomic mass is 10.2. The maximum Gasteiger partial charge on any atom is 0.129 e. The molecule has 0 saturated heterocycles. The van der Waals surface area contributed by atoms with Crippen molar-refractivity contribution in [2.45, 2.75) is 25.8 Å². The van der Waals surface area contributed by atoms with Gasteiger partial charge in [-0.1, -0.05) is 6.92 Å². The highest BCUT2D eigenvalue weighted by Crippen LogP contribution is 2.15. The molecule has 1 unspecified atom stereocenters. The molecule has 0 amide bonds. The van der Waals surface area contributed by atoms with Crippen LogP contribution in [0.1, 0.15) is 19.8 Å². The van der Waals surface area contributed by atoms with Gasteiger partial charge in [0.15, 0.2) is 0 Å². The van der Waals surface area contributed by atoms with Crippen LogP contribution in [0.25, 0.3) is 0 Å². The molecule has 0 aliphatic rings. The van der Waals surface area contributed by atoms with Crippen LogP contribution < -0.4 is 10.1 Å². The minimum atomic E-state index is -0.675. The van der Waals surface area contributed by atoms with E-state index in [2.05, 4.69) is 11.4 Å². The van der Waals surface area contributed by atoms with Crippen molar-refractivity contribution in [1.29, 1.82) is 5.26 Å². The van der Waals surface area contributed by atoms with Crippen LogP contribution in [0.4, 0.5) is 8.78 Å². The van der Waals surface area contributed by atoms with Crippen LogP contribution >= 0.6 is 0 Å². The van der Waals surface area contributed by atoms with E-state index >= 15 is 0 Å². The molecule has 5 heteroatoms. The fraction of sp³-hybridized carbons (Fsp3) is 0.462. The van der Waals surface area contributed by atoms with Gasteiger partial charge in [0.1, 0.15) is 17.4 Å². The lowest BCUT2D eigenvalue weighted by Crippen LogP contribution is -2.29. The van der Waals surface area contributed by atoms with Gasteiger partial charge >= 0.3 is 0 Å². The second kappa shape index (κ2) is 7.62. The third-order valence-electron chi connectivity index (χ3n) is 2.31. The molecule has 0 aliphatic carbocycles. The van der Waals surface area contributed by atoms with Gasteiger partial charge in [0.25, 0.3) is 0 Å². The van der Waals surface area contributed by atoms with E-state index < -0.39 is 11.6 Å². The van der Waals surface area contributed by atoms with Crippen LogP contribution in [0.3, 0.4) is 0 Å². The first-order chi connectivity index (χ1) is 8.65. The van der Waals surface area contributed by atoms with E-state index in [9.17, 15) is 8.78 Å². The molecule has 1 N–H and O–H groups in total. The van der Waals surface area contributed by atoms with Gasteiger partial charge in [0, 0.05) is 24.6 Å². The first kappa shape index (κ1) is 14.4. The molecule has 1 atom stereocenters. The van der Waals surface area contributed by atoms with Gasteiger partial charge in [-0.25, -0.2) is 8.78 Å². The molecule has 18 heavy (non-hydrogen) atoms. The standard InChI is InChI=1S/C13H16F2N2O/c1-2-4-17-12(9-16)3-5-18-13-7-10(14)6-11(15)8-13/h6-8,12,17H,2-5H2,1H3. The summed E-state index contributed by atoms with van der Waals surface area (Å²) in [5.41, 5.74) is 0. The summed E-state index contributed by atoms with van der Waals surface area (Å²) in [6.45, 7) is 3.00. The van der Waals surface area contributed by atoms with Crippen LogP contribution in [-0.2, 0) is 0 Å². The first-order valence-electron chi connectivity index (χ1n) is 5.87. The van der Waals surface area contributed by atoms with Crippen molar-refractivity contribution in [1.82, 2.24) is 5.32 Å². The van der Waals surface area contributed by atoms with E-state index in [0.29, 0.717) is 6.42 Å². The highest BCUT2D eigenvalue weighted by molar-refractivity contribution is 5.23. The van der Waals surface area contributed by atoms with E-state index in [0.717, 1.165) is 31.2 Å². The van der Waals surface area contributed by atoms with E-state index in [1.807, 2.05) is 6.92 Å². The zero-order valence-corrected chi connectivity index (χ0v) is 10.2. The number of nitriles is 1. The van der Waals surface area contributed by atoms with E-state index in [1.54, 1.807) is 0 Å². The summed E-state index contributed by atoms with van der Waals surface area (Å²) in [6, 6.07) is 4.82. The molecule has 1 rings (SSSR count). The smallest absolute Gasteiger partial charge is 0.129 e. The summed E-state index contributed by atoms with van der Waals surface area (Å²) in [7, 11) is 0. The lowest BCUT2D eigenvalue weighted by Gasteiger charge is -2.11. The van der Waals surface area contributed by atoms with Crippen LogP contribution in [0.15, 0.2) is 18.2 Å². The van der Waals surface area contributed by atoms with Crippen LogP contribution in [0, 0.1) is 23.0 Å². The fourth-order valence-corrected chi connectivity index (χ4v) is 1.44. The molecule has 1 aromatic carbocycles. The molecular formula is C13H16F2N2O. The molecule has 0 heterocycles. The number of nitrogens with one attached hydrogen (secondary N) is 1. The quantitative estimate of drug-likeness (QED) is 0.813. The Hall–Kier alpha value is -1.67. The molecule has 3 nitrogen and oxygen atoms in total. The van der Waals surface area contributed by atoms with E-state index in [1.165, 1.54) is 0 Å². The Morgan fingerprint density at radius 2 is 2.00 bits per heavy atom. The SMILES string of the molecule is CCCNC(C#N)CCOc1cc(F)cc(F)c1. The maximum atomic E-state index is 12.9. The van der Waals surface area contributed by atoms with Gasteiger partial charge in [-0.15, -0.1) is 0 Å². The Morgan fingerprint density at radius 1 is 1.33 bits per heavy atom. The number of nitrogens with zero attached hydrogens (tertiary/aromatic N) is 1. The highest BCUT2D eigenvalue weighted by Gasteiger charge is 2.07. The normalized spacial score (nSPS) is 11.9. The van der Waals surface area contributed by atoms with Crippen molar-refractivity contribution in [2.75, 3.05) is 13.2 Å². The van der Waals surface area contributed by atoms with E-state index in [-0.39, 0.29) is 18.4 Å². The van der Waals surface area contributed by atoms with E-state index in [4.69, 9.17) is 10.00 Å². The highest BCUT2D eigenvalue weighted by atomic mass is 19.1. The lowest BCUT2D eigenvalue weighted by molar-refractivity contribution is 0.295. The summed E-state index contributed by atoms with van der Waals surface area (Å²) in [6.07, 6.45) is 1.41. The number of halogens is 2. The third kappa shape index (κ3) is 5.11. The van der Waals surface area contributed by atoms with Gasteiger partial charge in [0.05, 0.1) is 18.7 Å². The number of ether oxygens (including phenoxy) is 1.